The molecule has 42 heavy (non-hydrogen) atoms. The third kappa shape index (κ3) is 7.21. The molecule has 0 aromatic heterocycles. The van der Waals surface area contributed by atoms with Crippen LogP contribution >= 0.6 is 0 Å². The maximum atomic E-state index is 12.6. The average Bonchev–Trinajstić information content (AvgIpc) is 3.43. The number of piperidine rings is 1. The summed E-state index contributed by atoms with van der Waals surface area (Å²) in [6, 6.07) is 9.93. The van der Waals surface area contributed by atoms with Gasteiger partial charge in [0.25, 0.3) is 0 Å². The van der Waals surface area contributed by atoms with Crippen LogP contribution in [0.3, 0.4) is 0 Å². The molecule has 1 amide bonds. The van der Waals surface area contributed by atoms with Crippen LogP contribution < -0.4 is 11.1 Å². The van der Waals surface area contributed by atoms with Gasteiger partial charge in [0, 0.05) is 51.0 Å². The Morgan fingerprint density at radius 1 is 1.19 bits per heavy atom. The van der Waals surface area contributed by atoms with Gasteiger partial charge in [0.05, 0.1) is 43.0 Å². The number of fused-ring (bicyclic) bond motifs is 1. The van der Waals surface area contributed by atoms with Crippen molar-refractivity contribution in [3.8, 4) is 0 Å². The number of carbonyl (C=O) groups is 1. The normalized spacial score (nSPS) is 26.3. The van der Waals surface area contributed by atoms with Crippen LogP contribution in [-0.4, -0.2) is 85.0 Å². The lowest BCUT2D eigenvalue weighted by Gasteiger charge is -2.42. The van der Waals surface area contributed by atoms with Gasteiger partial charge in [-0.05, 0) is 36.7 Å². The fourth-order valence-corrected chi connectivity index (χ4v) is 7.25. The molecule has 1 heterocycles. The Labute approximate surface area is 254 Å². The third-order valence-electron chi connectivity index (χ3n) is 10.2. The number of carbonyl (C=O) groups excluding carboxylic acids is 1. The van der Waals surface area contributed by atoms with E-state index >= 15 is 0 Å². The van der Waals surface area contributed by atoms with E-state index in [0.717, 1.165) is 29.8 Å². The lowest BCUT2D eigenvalue weighted by Crippen LogP contribution is -2.52. The van der Waals surface area contributed by atoms with Crippen molar-refractivity contribution in [1.82, 2.24) is 15.1 Å². The third-order valence-corrected chi connectivity index (χ3v) is 10.2. The van der Waals surface area contributed by atoms with Crippen LogP contribution in [0.15, 0.2) is 54.9 Å². The number of nitrogens with two attached hydrogens (primary N) is 1. The van der Waals surface area contributed by atoms with E-state index in [4.69, 9.17) is 15.2 Å². The Morgan fingerprint density at radius 2 is 1.83 bits per heavy atom. The fourth-order valence-electron chi connectivity index (χ4n) is 7.25. The number of likely N-dealkylation sites (N-methyl/N-ethyl adjacent to an activating group) is 1. The van der Waals surface area contributed by atoms with Gasteiger partial charge >= 0.3 is 0 Å². The number of hydrogen-bond donors (Lipinski definition) is 3. The number of likely N-dealkylation sites (tertiary alicyclic amines) is 1. The maximum absolute atomic E-state index is 12.6. The highest BCUT2D eigenvalue weighted by Crippen LogP contribution is 2.56. The van der Waals surface area contributed by atoms with Crippen molar-refractivity contribution in [2.75, 3.05) is 27.8 Å². The first-order chi connectivity index (χ1) is 19.9. The molecule has 2 aliphatic rings. The van der Waals surface area contributed by atoms with Gasteiger partial charge in [0.1, 0.15) is 0 Å². The Bertz CT molecular complexity index is 1050. The fraction of sp³-hybridized carbons (Fsp3) is 0.676. The second-order valence-corrected chi connectivity index (χ2v) is 12.7. The molecule has 11 atom stereocenters. The van der Waals surface area contributed by atoms with Gasteiger partial charge in [-0.25, -0.2) is 0 Å². The number of nitrogens with zero attached hydrogens (tertiary/aromatic N) is 2. The number of hydrogen-bond acceptors (Lipinski definition) is 7. The van der Waals surface area contributed by atoms with E-state index in [-0.39, 0.29) is 54.6 Å². The van der Waals surface area contributed by atoms with E-state index < -0.39 is 6.10 Å². The van der Waals surface area contributed by atoms with Gasteiger partial charge in [0.2, 0.25) is 5.91 Å². The quantitative estimate of drug-likeness (QED) is 0.251. The Hall–Kier alpha value is -2.39. The summed E-state index contributed by atoms with van der Waals surface area (Å²) >= 11 is 0. The van der Waals surface area contributed by atoms with Crippen LogP contribution in [0, 0.1) is 23.7 Å². The van der Waals surface area contributed by atoms with Gasteiger partial charge in [-0.2, -0.15) is 0 Å². The van der Waals surface area contributed by atoms with Gasteiger partial charge in [-0.3, -0.25) is 4.79 Å². The molecule has 10 unspecified atom stereocenters. The molecule has 1 aliphatic carbocycles. The molecule has 1 saturated carbocycles. The van der Waals surface area contributed by atoms with Crippen LogP contribution in [0.1, 0.15) is 65.5 Å². The van der Waals surface area contributed by atoms with Crippen LogP contribution in [0.5, 0.6) is 0 Å². The average molecular weight is 585 g/mol. The number of methoxy groups -OCH3 is 2. The molecular formula is C34H56N4O4. The first kappa shape index (κ1) is 34.1. The summed E-state index contributed by atoms with van der Waals surface area (Å²) in [6.45, 7) is 19.7. The molecule has 1 aromatic rings. The molecule has 3 rings (SSSR count). The van der Waals surface area contributed by atoms with E-state index in [2.05, 4.69) is 51.1 Å². The highest BCUT2D eigenvalue weighted by Gasteiger charge is 2.60. The minimum absolute atomic E-state index is 0.00655. The molecule has 8 nitrogen and oxygen atoms in total. The molecule has 8 heteroatoms. The minimum atomic E-state index is -0.652. The monoisotopic (exact) mass is 584 g/mol. The highest BCUT2D eigenvalue weighted by molar-refractivity contribution is 5.78. The smallest absolute Gasteiger partial charge is 0.236 e. The summed E-state index contributed by atoms with van der Waals surface area (Å²) in [5.41, 5.74) is 8.47. The molecule has 0 bridgehead atoms. The van der Waals surface area contributed by atoms with Crippen molar-refractivity contribution in [2.24, 2.45) is 29.4 Å². The van der Waals surface area contributed by atoms with E-state index in [0.29, 0.717) is 24.3 Å². The standard InChI is InChI=1S/C34H56N4O4/c1-11-20(2)31(37(8)30(39)19-35)29(41-9)17-21(3)38-28(18-27-23(5)32(27)38)34(42-10)22(4)24(6)36-25(7)33(40)26-15-13-12-14-16-26/h12-16,20,22-23,25,27-29,31-34,36,40H,3,6,11,17-19,35H2,1-2,4-5,7-10H3/t20?,22?,23-,25?,27?,28?,29?,31?,32?,33?,34?/m0/s1. The summed E-state index contributed by atoms with van der Waals surface area (Å²) in [5.74, 6) is 1.34. The summed E-state index contributed by atoms with van der Waals surface area (Å²) < 4.78 is 12.3. The molecule has 236 valence electrons. The second kappa shape index (κ2) is 14.9. The van der Waals surface area contributed by atoms with E-state index in [1.54, 1.807) is 19.1 Å². The number of aliphatic hydroxyl groups excluding tert-OH is 1. The zero-order valence-corrected chi connectivity index (χ0v) is 27.1. The number of aliphatic hydroxyl groups is 1. The van der Waals surface area contributed by atoms with Crippen LogP contribution in [0.25, 0.3) is 0 Å². The summed E-state index contributed by atoms with van der Waals surface area (Å²) in [5, 5.41) is 14.4. The molecular weight excluding hydrogens is 528 g/mol. The number of amides is 1. The zero-order chi connectivity index (χ0) is 31.3. The Kier molecular flexibility index (Phi) is 12.1. The van der Waals surface area contributed by atoms with Crippen LogP contribution in [-0.2, 0) is 14.3 Å². The SMILES string of the molecule is C=C(NC(C)C(O)c1ccccc1)C(C)C(OC)C1CC2C([C@H]2C)N1C(=C)CC(OC)C(C(C)CC)N(C)C(=O)CN. The molecule has 1 aromatic carbocycles. The van der Waals surface area contributed by atoms with Crippen LogP contribution in [0.4, 0.5) is 0 Å². The predicted molar refractivity (Wildman–Crippen MR) is 169 cm³/mol. The predicted octanol–water partition coefficient (Wildman–Crippen LogP) is 4.32. The van der Waals surface area contributed by atoms with Crippen molar-refractivity contribution in [3.05, 3.63) is 60.4 Å². The van der Waals surface area contributed by atoms with Crippen molar-refractivity contribution in [1.29, 1.82) is 0 Å². The number of rotatable bonds is 17. The molecule has 1 saturated heterocycles. The van der Waals surface area contributed by atoms with Crippen molar-refractivity contribution >= 4 is 5.91 Å². The number of ether oxygens (including phenoxy) is 2. The maximum Gasteiger partial charge on any atom is 0.236 e. The topological polar surface area (TPSA) is 100 Å². The first-order valence-electron chi connectivity index (χ1n) is 15.6. The van der Waals surface area contributed by atoms with Crippen molar-refractivity contribution in [2.45, 2.75) is 96.4 Å². The molecule has 1 aliphatic heterocycles. The number of benzene rings is 1. The Morgan fingerprint density at radius 3 is 2.38 bits per heavy atom. The van der Waals surface area contributed by atoms with Gasteiger partial charge < -0.3 is 35.4 Å². The van der Waals surface area contributed by atoms with Gasteiger partial charge in [-0.1, -0.05) is 77.6 Å². The molecule has 0 spiro atoms. The molecule has 2 fully saturated rings. The second-order valence-electron chi connectivity index (χ2n) is 12.7. The highest BCUT2D eigenvalue weighted by atomic mass is 16.5. The van der Waals surface area contributed by atoms with Gasteiger partial charge in [0.15, 0.2) is 0 Å². The largest absolute Gasteiger partial charge is 0.386 e. The van der Waals surface area contributed by atoms with Crippen molar-refractivity contribution < 1.29 is 19.4 Å². The lowest BCUT2D eigenvalue weighted by atomic mass is 9.88. The van der Waals surface area contributed by atoms with E-state index in [1.807, 2.05) is 44.3 Å². The molecule has 4 N–H and O–H groups in total. The molecule has 0 radical (unpaired) electrons. The van der Waals surface area contributed by atoms with Crippen molar-refractivity contribution in [3.63, 3.8) is 0 Å². The summed E-state index contributed by atoms with van der Waals surface area (Å²) in [6.07, 6.45) is 1.59. The lowest BCUT2D eigenvalue weighted by molar-refractivity contribution is -0.135. The van der Waals surface area contributed by atoms with Crippen LogP contribution in [0.2, 0.25) is 0 Å². The Balaban J connectivity index is 1.76. The zero-order valence-electron chi connectivity index (χ0n) is 27.1. The van der Waals surface area contributed by atoms with E-state index in [9.17, 15) is 9.90 Å². The summed E-state index contributed by atoms with van der Waals surface area (Å²) in [4.78, 5) is 16.9. The first-order valence-corrected chi connectivity index (χ1v) is 15.6. The number of nitrogens with one attached hydrogen (secondary N) is 1. The van der Waals surface area contributed by atoms with E-state index in [1.165, 1.54) is 0 Å². The summed E-state index contributed by atoms with van der Waals surface area (Å²) in [7, 11) is 5.32. The van der Waals surface area contributed by atoms with Gasteiger partial charge in [-0.15, -0.1) is 0 Å². The minimum Gasteiger partial charge on any atom is -0.386 e.